The summed E-state index contributed by atoms with van der Waals surface area (Å²) in [6.07, 6.45) is 3.20. The van der Waals surface area contributed by atoms with Crippen LogP contribution in [0.3, 0.4) is 0 Å². The standard InChI is InChI=1S/C25H29N5O3/c1-17-8-9-20(18(2)16-17)24(31)29-14-11-19(12-15-29)30-23(10-13-26-30)28-25(32)27-21-6-4-5-7-22(21)33-3/h4-10,13,16,19H,11-12,14-15H2,1-3H3,(H2,27,28,32). The van der Waals surface area contributed by atoms with E-state index in [9.17, 15) is 9.59 Å². The fraction of sp³-hybridized carbons (Fsp3) is 0.320. The van der Waals surface area contributed by atoms with Crippen molar-refractivity contribution in [3.05, 3.63) is 71.4 Å². The van der Waals surface area contributed by atoms with E-state index >= 15 is 0 Å². The van der Waals surface area contributed by atoms with E-state index in [1.165, 1.54) is 0 Å². The zero-order valence-corrected chi connectivity index (χ0v) is 19.2. The molecule has 3 amide bonds. The number of piperidine rings is 1. The minimum Gasteiger partial charge on any atom is -0.495 e. The molecule has 172 valence electrons. The Kier molecular flexibility index (Phi) is 6.63. The van der Waals surface area contributed by atoms with Crippen molar-refractivity contribution in [2.75, 3.05) is 30.8 Å². The van der Waals surface area contributed by atoms with E-state index < -0.39 is 0 Å². The first kappa shape index (κ1) is 22.4. The summed E-state index contributed by atoms with van der Waals surface area (Å²) in [5, 5.41) is 10.1. The first-order valence-electron chi connectivity index (χ1n) is 11.1. The molecule has 0 unspecified atom stereocenters. The highest BCUT2D eigenvalue weighted by Gasteiger charge is 2.27. The highest BCUT2D eigenvalue weighted by atomic mass is 16.5. The van der Waals surface area contributed by atoms with E-state index in [4.69, 9.17) is 4.74 Å². The van der Waals surface area contributed by atoms with Crippen molar-refractivity contribution in [3.8, 4) is 5.75 Å². The molecular weight excluding hydrogens is 418 g/mol. The van der Waals surface area contributed by atoms with Gasteiger partial charge in [-0.25, -0.2) is 9.48 Å². The van der Waals surface area contributed by atoms with Crippen LogP contribution in [0.1, 0.15) is 40.4 Å². The number of rotatable bonds is 5. The van der Waals surface area contributed by atoms with Gasteiger partial charge in [-0.05, 0) is 50.5 Å². The number of methoxy groups -OCH3 is 1. The molecule has 1 aromatic heterocycles. The lowest BCUT2D eigenvalue weighted by molar-refractivity contribution is 0.0690. The van der Waals surface area contributed by atoms with Crippen LogP contribution < -0.4 is 15.4 Å². The molecule has 1 aliphatic heterocycles. The summed E-state index contributed by atoms with van der Waals surface area (Å²) in [5.74, 6) is 1.27. The molecule has 2 aromatic carbocycles. The molecule has 0 aliphatic carbocycles. The molecule has 2 heterocycles. The first-order chi connectivity index (χ1) is 16.0. The Hall–Kier alpha value is -3.81. The quantitative estimate of drug-likeness (QED) is 0.597. The highest BCUT2D eigenvalue weighted by molar-refractivity contribution is 6.00. The van der Waals surface area contributed by atoms with E-state index in [0.717, 1.165) is 29.5 Å². The molecule has 8 nitrogen and oxygen atoms in total. The topological polar surface area (TPSA) is 88.5 Å². The Morgan fingerprint density at radius 1 is 1.03 bits per heavy atom. The van der Waals surface area contributed by atoms with E-state index in [0.29, 0.717) is 30.3 Å². The fourth-order valence-corrected chi connectivity index (χ4v) is 4.26. The maximum atomic E-state index is 13.0. The van der Waals surface area contributed by atoms with Gasteiger partial charge in [-0.15, -0.1) is 0 Å². The molecule has 33 heavy (non-hydrogen) atoms. The summed E-state index contributed by atoms with van der Waals surface area (Å²) >= 11 is 0. The molecule has 0 atom stereocenters. The van der Waals surface area contributed by atoms with Crippen LogP contribution in [0.25, 0.3) is 0 Å². The van der Waals surface area contributed by atoms with Crippen LogP contribution >= 0.6 is 0 Å². The number of hydrogen-bond donors (Lipinski definition) is 2. The van der Waals surface area contributed by atoms with Gasteiger partial charge in [-0.2, -0.15) is 5.10 Å². The molecule has 0 spiro atoms. The van der Waals surface area contributed by atoms with Crippen molar-refractivity contribution in [3.63, 3.8) is 0 Å². The highest BCUT2D eigenvalue weighted by Crippen LogP contribution is 2.27. The third kappa shape index (κ3) is 5.00. The lowest BCUT2D eigenvalue weighted by atomic mass is 10.0. The second-order valence-corrected chi connectivity index (χ2v) is 8.28. The molecule has 0 radical (unpaired) electrons. The number of nitrogens with zero attached hydrogens (tertiary/aromatic N) is 3. The molecule has 0 bridgehead atoms. The van der Waals surface area contributed by atoms with Gasteiger partial charge in [0.2, 0.25) is 0 Å². The number of carbonyl (C=O) groups is 2. The number of carbonyl (C=O) groups excluding carboxylic acids is 2. The summed E-state index contributed by atoms with van der Waals surface area (Å²) in [6, 6.07) is 14.7. The molecule has 1 saturated heterocycles. The number of hydrogen-bond acceptors (Lipinski definition) is 4. The predicted octanol–water partition coefficient (Wildman–Crippen LogP) is 4.63. The van der Waals surface area contributed by atoms with E-state index in [1.807, 2.05) is 53.8 Å². The second-order valence-electron chi connectivity index (χ2n) is 8.28. The average Bonchev–Trinajstić information content (AvgIpc) is 3.27. The molecule has 1 aliphatic rings. The number of amides is 3. The molecule has 4 rings (SSSR count). The lowest BCUT2D eigenvalue weighted by Crippen LogP contribution is -2.39. The Bertz CT molecular complexity index is 1150. The smallest absolute Gasteiger partial charge is 0.324 e. The Labute approximate surface area is 193 Å². The van der Waals surface area contributed by atoms with Crippen LogP contribution in [-0.2, 0) is 0 Å². The van der Waals surface area contributed by atoms with Gasteiger partial charge in [0.05, 0.1) is 25.0 Å². The lowest BCUT2D eigenvalue weighted by Gasteiger charge is -2.33. The van der Waals surface area contributed by atoms with Crippen molar-refractivity contribution in [1.29, 1.82) is 0 Å². The van der Waals surface area contributed by atoms with Crippen molar-refractivity contribution in [2.45, 2.75) is 32.7 Å². The average molecular weight is 448 g/mol. The van der Waals surface area contributed by atoms with E-state index in [-0.39, 0.29) is 18.0 Å². The third-order valence-electron chi connectivity index (χ3n) is 5.98. The van der Waals surface area contributed by atoms with Crippen LogP contribution in [0.2, 0.25) is 0 Å². The van der Waals surface area contributed by atoms with Gasteiger partial charge >= 0.3 is 6.03 Å². The summed E-state index contributed by atoms with van der Waals surface area (Å²) in [4.78, 5) is 27.5. The number of ether oxygens (including phenoxy) is 1. The largest absolute Gasteiger partial charge is 0.495 e. The van der Waals surface area contributed by atoms with Crippen molar-refractivity contribution in [1.82, 2.24) is 14.7 Å². The van der Waals surface area contributed by atoms with Gasteiger partial charge in [-0.3, -0.25) is 10.1 Å². The van der Waals surface area contributed by atoms with Gasteiger partial charge in [0.15, 0.2) is 0 Å². The van der Waals surface area contributed by atoms with Crippen LogP contribution in [-0.4, -0.2) is 46.8 Å². The molecule has 1 fully saturated rings. The predicted molar refractivity (Wildman–Crippen MR) is 128 cm³/mol. The van der Waals surface area contributed by atoms with E-state index in [2.05, 4.69) is 15.7 Å². The number of aryl methyl sites for hydroxylation is 2. The third-order valence-corrected chi connectivity index (χ3v) is 5.98. The van der Waals surface area contributed by atoms with Gasteiger partial charge in [0.25, 0.3) is 5.91 Å². The number of aromatic nitrogens is 2. The minimum absolute atomic E-state index is 0.0703. The number of likely N-dealkylation sites (tertiary alicyclic amines) is 1. The summed E-state index contributed by atoms with van der Waals surface area (Å²) in [6.45, 7) is 5.29. The Balaban J connectivity index is 1.37. The normalized spacial score (nSPS) is 14.1. The van der Waals surface area contributed by atoms with Crippen molar-refractivity contribution < 1.29 is 14.3 Å². The van der Waals surface area contributed by atoms with Crippen LogP contribution in [0.5, 0.6) is 5.75 Å². The number of anilines is 2. The molecule has 3 aromatic rings. The van der Waals surface area contributed by atoms with E-state index in [1.54, 1.807) is 31.5 Å². The van der Waals surface area contributed by atoms with Gasteiger partial charge in [-0.1, -0.05) is 29.8 Å². The van der Waals surface area contributed by atoms with Crippen LogP contribution in [0.4, 0.5) is 16.3 Å². The maximum Gasteiger partial charge on any atom is 0.324 e. The summed E-state index contributed by atoms with van der Waals surface area (Å²) in [5.41, 5.74) is 3.49. The number of urea groups is 1. The zero-order chi connectivity index (χ0) is 23.4. The number of nitrogens with one attached hydrogen (secondary N) is 2. The first-order valence-corrected chi connectivity index (χ1v) is 11.1. The van der Waals surface area contributed by atoms with Crippen LogP contribution in [0.15, 0.2) is 54.7 Å². The SMILES string of the molecule is COc1ccccc1NC(=O)Nc1ccnn1C1CCN(C(=O)c2ccc(C)cc2C)CC1. The van der Waals surface area contributed by atoms with Crippen molar-refractivity contribution >= 4 is 23.4 Å². The monoisotopic (exact) mass is 447 g/mol. The molecule has 8 heteroatoms. The number of benzene rings is 2. The summed E-state index contributed by atoms with van der Waals surface area (Å²) < 4.78 is 7.12. The second kappa shape index (κ2) is 9.77. The van der Waals surface area contributed by atoms with Crippen LogP contribution in [0, 0.1) is 13.8 Å². The molecule has 0 saturated carbocycles. The van der Waals surface area contributed by atoms with Gasteiger partial charge in [0, 0.05) is 24.7 Å². The van der Waals surface area contributed by atoms with Gasteiger partial charge < -0.3 is 15.0 Å². The molecular formula is C25H29N5O3. The molecule has 2 N–H and O–H groups in total. The maximum absolute atomic E-state index is 13.0. The zero-order valence-electron chi connectivity index (χ0n) is 19.2. The summed E-state index contributed by atoms with van der Waals surface area (Å²) in [7, 11) is 1.56. The fourth-order valence-electron chi connectivity index (χ4n) is 4.26. The van der Waals surface area contributed by atoms with Crippen molar-refractivity contribution in [2.24, 2.45) is 0 Å². The van der Waals surface area contributed by atoms with Gasteiger partial charge in [0.1, 0.15) is 11.6 Å². The Morgan fingerprint density at radius 3 is 2.52 bits per heavy atom. The Morgan fingerprint density at radius 2 is 1.79 bits per heavy atom. The minimum atomic E-state index is -0.372. The number of para-hydroxylation sites is 2.